The number of rotatable bonds is 5. The second kappa shape index (κ2) is 7.55. The molecule has 6 heteroatoms. The predicted molar refractivity (Wildman–Crippen MR) is 87.2 cm³/mol. The fraction of sp³-hybridized carbons (Fsp3) is 0.412. The number of thiazole rings is 1. The van der Waals surface area contributed by atoms with E-state index in [0.29, 0.717) is 12.5 Å². The molecular formula is C17H19FN2O2S. The maximum atomic E-state index is 13.5. The number of piperidine rings is 1. The molecule has 0 bridgehead atoms. The summed E-state index contributed by atoms with van der Waals surface area (Å²) in [6, 6.07) is 6.24. The zero-order valence-corrected chi connectivity index (χ0v) is 13.6. The minimum Gasteiger partial charge on any atom is -0.490 e. The molecule has 0 unspecified atom stereocenters. The highest BCUT2D eigenvalue weighted by Crippen LogP contribution is 2.28. The van der Waals surface area contributed by atoms with Crippen molar-refractivity contribution in [3.63, 3.8) is 0 Å². The van der Waals surface area contributed by atoms with Crippen molar-refractivity contribution in [2.45, 2.75) is 25.2 Å². The van der Waals surface area contributed by atoms with Crippen LogP contribution in [0.1, 0.15) is 30.2 Å². The number of likely N-dealkylation sites (tertiary alicyclic amines) is 1. The topological polar surface area (TPSA) is 42.4 Å². The number of amides is 1. The van der Waals surface area contributed by atoms with Gasteiger partial charge in [-0.2, -0.15) is 0 Å². The molecule has 2 aromatic rings. The van der Waals surface area contributed by atoms with Crippen molar-refractivity contribution in [3.05, 3.63) is 46.7 Å². The standard InChI is InChI=1S/C17H19FN2O2S/c18-14-5-1-2-6-15(14)22-10-7-16(21)20-9-3-4-13(12-20)17-19-8-11-23-17/h1-2,5-6,8,11,13H,3-4,7,9-10,12H2/t13-/m0/s1. The maximum absolute atomic E-state index is 13.5. The van der Waals surface area contributed by atoms with Gasteiger partial charge in [-0.15, -0.1) is 11.3 Å². The van der Waals surface area contributed by atoms with E-state index < -0.39 is 5.82 Å². The van der Waals surface area contributed by atoms with Crippen molar-refractivity contribution in [1.29, 1.82) is 0 Å². The lowest BCUT2D eigenvalue weighted by molar-refractivity contribution is -0.132. The average Bonchev–Trinajstić information content (AvgIpc) is 3.11. The molecule has 0 saturated carbocycles. The molecule has 0 radical (unpaired) electrons. The number of ether oxygens (including phenoxy) is 1. The lowest BCUT2D eigenvalue weighted by Gasteiger charge is -2.31. The molecule has 1 aliphatic rings. The monoisotopic (exact) mass is 334 g/mol. The Labute approximate surface area is 138 Å². The molecular weight excluding hydrogens is 315 g/mol. The molecule has 0 spiro atoms. The first-order valence-corrected chi connectivity index (χ1v) is 8.66. The van der Waals surface area contributed by atoms with Crippen molar-refractivity contribution >= 4 is 17.2 Å². The number of hydrogen-bond donors (Lipinski definition) is 0. The molecule has 0 aliphatic carbocycles. The van der Waals surface area contributed by atoms with Crippen molar-refractivity contribution in [1.82, 2.24) is 9.88 Å². The summed E-state index contributed by atoms with van der Waals surface area (Å²) in [5, 5.41) is 3.07. The van der Waals surface area contributed by atoms with Crippen LogP contribution in [0.5, 0.6) is 5.75 Å². The molecule has 1 amide bonds. The van der Waals surface area contributed by atoms with Crippen molar-refractivity contribution < 1.29 is 13.9 Å². The second-order valence-electron chi connectivity index (χ2n) is 5.58. The minimum absolute atomic E-state index is 0.0580. The van der Waals surface area contributed by atoms with E-state index in [0.717, 1.165) is 24.4 Å². The Bertz CT molecular complexity index is 648. The Morgan fingerprint density at radius 3 is 3.09 bits per heavy atom. The average molecular weight is 334 g/mol. The second-order valence-corrected chi connectivity index (χ2v) is 6.50. The van der Waals surface area contributed by atoms with Gasteiger partial charge in [-0.1, -0.05) is 12.1 Å². The van der Waals surface area contributed by atoms with Gasteiger partial charge < -0.3 is 9.64 Å². The molecule has 1 aromatic heterocycles. The Hall–Kier alpha value is -1.95. The third kappa shape index (κ3) is 4.07. The first kappa shape index (κ1) is 15.9. The Morgan fingerprint density at radius 1 is 1.43 bits per heavy atom. The van der Waals surface area contributed by atoms with E-state index in [9.17, 15) is 9.18 Å². The number of aromatic nitrogens is 1. The van der Waals surface area contributed by atoms with Crippen LogP contribution in [0.2, 0.25) is 0 Å². The Balaban J connectivity index is 1.49. The zero-order valence-electron chi connectivity index (χ0n) is 12.8. The highest BCUT2D eigenvalue weighted by atomic mass is 32.1. The fourth-order valence-corrected chi connectivity index (χ4v) is 3.58. The van der Waals surface area contributed by atoms with Crippen molar-refractivity contribution in [2.75, 3.05) is 19.7 Å². The number of carbonyl (C=O) groups is 1. The summed E-state index contributed by atoms with van der Waals surface area (Å²) in [6.07, 6.45) is 4.13. The minimum atomic E-state index is -0.401. The number of carbonyl (C=O) groups excluding carboxylic acids is 1. The van der Waals surface area contributed by atoms with Crippen LogP contribution in [0, 0.1) is 5.82 Å². The van der Waals surface area contributed by atoms with Gasteiger partial charge in [-0.3, -0.25) is 4.79 Å². The Kier molecular flexibility index (Phi) is 5.23. The SMILES string of the molecule is O=C(CCOc1ccccc1F)N1CCC[C@H](c2nccs2)C1. The summed E-state index contributed by atoms with van der Waals surface area (Å²) >= 11 is 1.64. The third-order valence-electron chi connectivity index (χ3n) is 3.98. The number of benzene rings is 1. The van der Waals surface area contributed by atoms with E-state index in [1.54, 1.807) is 29.5 Å². The van der Waals surface area contributed by atoms with E-state index in [4.69, 9.17) is 4.74 Å². The molecule has 1 fully saturated rings. The number of hydrogen-bond acceptors (Lipinski definition) is 4. The highest BCUT2D eigenvalue weighted by Gasteiger charge is 2.25. The smallest absolute Gasteiger partial charge is 0.226 e. The van der Waals surface area contributed by atoms with Crippen LogP contribution in [-0.4, -0.2) is 35.5 Å². The van der Waals surface area contributed by atoms with Gasteiger partial charge in [0.05, 0.1) is 18.0 Å². The van der Waals surface area contributed by atoms with Crippen molar-refractivity contribution in [3.8, 4) is 5.75 Å². The normalized spacial score (nSPS) is 18.0. The first-order chi connectivity index (χ1) is 11.2. The molecule has 2 heterocycles. The summed E-state index contributed by atoms with van der Waals surface area (Å²) < 4.78 is 18.8. The summed E-state index contributed by atoms with van der Waals surface area (Å²) in [5.74, 6) is 0.184. The largest absolute Gasteiger partial charge is 0.490 e. The van der Waals surface area contributed by atoms with Gasteiger partial charge in [0.25, 0.3) is 0 Å². The van der Waals surface area contributed by atoms with Gasteiger partial charge in [0, 0.05) is 30.6 Å². The summed E-state index contributed by atoms with van der Waals surface area (Å²) in [7, 11) is 0. The van der Waals surface area contributed by atoms with Gasteiger partial charge in [0.1, 0.15) is 0 Å². The maximum Gasteiger partial charge on any atom is 0.226 e. The molecule has 0 N–H and O–H groups in total. The molecule has 1 aromatic carbocycles. The van der Waals surface area contributed by atoms with Crippen LogP contribution in [-0.2, 0) is 4.79 Å². The third-order valence-corrected chi connectivity index (χ3v) is 4.92. The molecule has 1 saturated heterocycles. The first-order valence-electron chi connectivity index (χ1n) is 7.78. The van der Waals surface area contributed by atoms with Crippen LogP contribution in [0.15, 0.2) is 35.8 Å². The molecule has 23 heavy (non-hydrogen) atoms. The summed E-state index contributed by atoms with van der Waals surface area (Å²) in [5.41, 5.74) is 0. The molecule has 122 valence electrons. The van der Waals surface area contributed by atoms with Crippen LogP contribution in [0.25, 0.3) is 0 Å². The molecule has 4 nitrogen and oxygen atoms in total. The van der Waals surface area contributed by atoms with Gasteiger partial charge in [0.15, 0.2) is 11.6 Å². The lowest BCUT2D eigenvalue weighted by atomic mass is 9.98. The molecule has 1 atom stereocenters. The van der Waals surface area contributed by atoms with Crippen LogP contribution >= 0.6 is 11.3 Å². The van der Waals surface area contributed by atoms with E-state index in [-0.39, 0.29) is 24.7 Å². The van der Waals surface area contributed by atoms with E-state index in [1.165, 1.54) is 6.07 Å². The number of nitrogens with zero attached hydrogens (tertiary/aromatic N) is 2. The number of para-hydroxylation sites is 1. The van der Waals surface area contributed by atoms with Crippen LogP contribution in [0.3, 0.4) is 0 Å². The molecule has 1 aliphatic heterocycles. The van der Waals surface area contributed by atoms with Crippen LogP contribution < -0.4 is 4.74 Å². The lowest BCUT2D eigenvalue weighted by Crippen LogP contribution is -2.39. The van der Waals surface area contributed by atoms with Gasteiger partial charge >= 0.3 is 0 Å². The van der Waals surface area contributed by atoms with Crippen molar-refractivity contribution in [2.24, 2.45) is 0 Å². The van der Waals surface area contributed by atoms with E-state index in [1.807, 2.05) is 16.5 Å². The Morgan fingerprint density at radius 2 is 2.30 bits per heavy atom. The predicted octanol–water partition coefficient (Wildman–Crippen LogP) is 3.46. The van der Waals surface area contributed by atoms with Gasteiger partial charge in [-0.25, -0.2) is 9.37 Å². The number of halogens is 1. The molecule has 3 rings (SSSR count). The zero-order chi connectivity index (χ0) is 16.1. The van der Waals surface area contributed by atoms with Gasteiger partial charge in [-0.05, 0) is 25.0 Å². The summed E-state index contributed by atoms with van der Waals surface area (Å²) in [6.45, 7) is 1.69. The highest BCUT2D eigenvalue weighted by molar-refractivity contribution is 7.09. The van der Waals surface area contributed by atoms with E-state index >= 15 is 0 Å². The van der Waals surface area contributed by atoms with Crippen LogP contribution in [0.4, 0.5) is 4.39 Å². The quantitative estimate of drug-likeness (QED) is 0.841. The fourth-order valence-electron chi connectivity index (χ4n) is 2.81. The van der Waals surface area contributed by atoms with Gasteiger partial charge in [0.2, 0.25) is 5.91 Å². The summed E-state index contributed by atoms with van der Waals surface area (Å²) in [4.78, 5) is 18.6. The van der Waals surface area contributed by atoms with E-state index in [2.05, 4.69) is 4.98 Å².